The first-order chi connectivity index (χ1) is 15.0. The Morgan fingerprint density at radius 1 is 0.903 bits per heavy atom. The van der Waals surface area contributed by atoms with Crippen molar-refractivity contribution in [3.05, 3.63) is 88.1 Å². The lowest BCUT2D eigenvalue weighted by molar-refractivity contribution is -0.153. The summed E-state index contributed by atoms with van der Waals surface area (Å²) < 4.78 is 5.15. The molecule has 0 bridgehead atoms. The SMILES string of the molecule is C[C@@H](OC(=O)CCC(=O)c1cccs1)C(=O)Nc1ccccc1C(=O)c1ccccc1. The maximum atomic E-state index is 12.8. The number of ether oxygens (including phenoxy) is 1. The Bertz CT molecular complexity index is 1080. The highest BCUT2D eigenvalue weighted by Gasteiger charge is 2.21. The first-order valence-corrected chi connectivity index (χ1v) is 10.6. The van der Waals surface area contributed by atoms with Gasteiger partial charge in [0.25, 0.3) is 5.91 Å². The molecule has 0 radical (unpaired) electrons. The first kappa shape index (κ1) is 22.1. The second-order valence-electron chi connectivity index (χ2n) is 6.76. The van der Waals surface area contributed by atoms with Crippen molar-refractivity contribution in [1.29, 1.82) is 0 Å². The van der Waals surface area contributed by atoms with Crippen LogP contribution in [0.3, 0.4) is 0 Å². The van der Waals surface area contributed by atoms with Crippen molar-refractivity contribution in [2.24, 2.45) is 0 Å². The fraction of sp³-hybridized carbons (Fsp3) is 0.167. The smallest absolute Gasteiger partial charge is 0.307 e. The zero-order chi connectivity index (χ0) is 22.2. The Hall–Kier alpha value is -3.58. The van der Waals surface area contributed by atoms with E-state index in [0.717, 1.165) is 0 Å². The average Bonchev–Trinajstić information content (AvgIpc) is 3.33. The summed E-state index contributed by atoms with van der Waals surface area (Å²) in [5, 5.41) is 4.44. The molecule has 0 fully saturated rings. The minimum Gasteiger partial charge on any atom is -0.453 e. The van der Waals surface area contributed by atoms with Crippen LogP contribution in [0, 0.1) is 0 Å². The van der Waals surface area contributed by atoms with Crippen LogP contribution in [-0.2, 0) is 14.3 Å². The van der Waals surface area contributed by atoms with E-state index in [1.165, 1.54) is 18.3 Å². The number of carbonyl (C=O) groups excluding carboxylic acids is 4. The number of anilines is 1. The van der Waals surface area contributed by atoms with Crippen LogP contribution in [-0.4, -0.2) is 29.5 Å². The molecule has 158 valence electrons. The van der Waals surface area contributed by atoms with Crippen LogP contribution in [0.1, 0.15) is 45.4 Å². The van der Waals surface area contributed by atoms with Gasteiger partial charge in [0, 0.05) is 17.5 Å². The van der Waals surface area contributed by atoms with Crippen molar-refractivity contribution in [3.63, 3.8) is 0 Å². The van der Waals surface area contributed by atoms with Crippen LogP contribution in [0.5, 0.6) is 0 Å². The predicted molar refractivity (Wildman–Crippen MR) is 118 cm³/mol. The van der Waals surface area contributed by atoms with E-state index in [4.69, 9.17) is 4.74 Å². The Balaban J connectivity index is 1.58. The second kappa shape index (κ2) is 10.4. The van der Waals surface area contributed by atoms with Gasteiger partial charge in [-0.25, -0.2) is 0 Å². The molecule has 2 aromatic carbocycles. The van der Waals surface area contributed by atoms with E-state index in [1.54, 1.807) is 66.0 Å². The predicted octanol–water partition coefficient (Wildman–Crippen LogP) is 4.51. The number of carbonyl (C=O) groups is 4. The summed E-state index contributed by atoms with van der Waals surface area (Å²) in [5.41, 5.74) is 1.17. The maximum absolute atomic E-state index is 12.8. The standard InChI is InChI=1S/C24H21NO5S/c1-16(30-22(27)14-13-20(26)21-12-7-15-31-21)24(29)25-19-11-6-5-10-18(19)23(28)17-8-3-2-4-9-17/h2-12,15-16H,13-14H2,1H3,(H,25,29)/t16-/m1/s1. The number of nitrogens with one attached hydrogen (secondary N) is 1. The molecular formula is C24H21NO5S. The number of hydrogen-bond donors (Lipinski definition) is 1. The molecular weight excluding hydrogens is 414 g/mol. The zero-order valence-electron chi connectivity index (χ0n) is 16.9. The number of ketones is 2. The Morgan fingerprint density at radius 2 is 1.61 bits per heavy atom. The third-order valence-corrected chi connectivity index (χ3v) is 5.41. The number of Topliss-reactive ketones (excluding diaryl/α,β-unsaturated/α-hetero) is 1. The van der Waals surface area contributed by atoms with E-state index >= 15 is 0 Å². The Morgan fingerprint density at radius 3 is 2.32 bits per heavy atom. The number of benzene rings is 2. The fourth-order valence-electron chi connectivity index (χ4n) is 2.86. The normalized spacial score (nSPS) is 11.4. The number of rotatable bonds is 9. The van der Waals surface area contributed by atoms with Crippen molar-refractivity contribution >= 4 is 40.5 Å². The van der Waals surface area contributed by atoms with Gasteiger partial charge in [0.1, 0.15) is 0 Å². The highest BCUT2D eigenvalue weighted by Crippen LogP contribution is 2.20. The topological polar surface area (TPSA) is 89.5 Å². The van der Waals surface area contributed by atoms with E-state index in [0.29, 0.717) is 21.7 Å². The molecule has 1 N–H and O–H groups in total. The van der Waals surface area contributed by atoms with E-state index in [1.807, 2.05) is 6.07 Å². The molecule has 1 amide bonds. The van der Waals surface area contributed by atoms with Gasteiger partial charge in [-0.2, -0.15) is 0 Å². The fourth-order valence-corrected chi connectivity index (χ4v) is 3.55. The molecule has 0 aliphatic carbocycles. The summed E-state index contributed by atoms with van der Waals surface area (Å²) >= 11 is 1.31. The van der Waals surface area contributed by atoms with Gasteiger partial charge in [-0.3, -0.25) is 19.2 Å². The number of amides is 1. The number of hydrogen-bond acceptors (Lipinski definition) is 6. The zero-order valence-corrected chi connectivity index (χ0v) is 17.7. The average molecular weight is 436 g/mol. The van der Waals surface area contributed by atoms with E-state index in [9.17, 15) is 19.2 Å². The summed E-state index contributed by atoms with van der Waals surface area (Å²) in [6.07, 6.45) is -1.18. The van der Waals surface area contributed by atoms with Gasteiger partial charge >= 0.3 is 5.97 Å². The van der Waals surface area contributed by atoms with Gasteiger partial charge < -0.3 is 10.1 Å². The van der Waals surface area contributed by atoms with Crippen molar-refractivity contribution in [2.75, 3.05) is 5.32 Å². The summed E-state index contributed by atoms with van der Waals surface area (Å²) in [6.45, 7) is 1.44. The number of para-hydroxylation sites is 1. The highest BCUT2D eigenvalue weighted by atomic mass is 32.1. The second-order valence-corrected chi connectivity index (χ2v) is 7.71. The van der Waals surface area contributed by atoms with Crippen LogP contribution in [0.15, 0.2) is 72.1 Å². The quantitative estimate of drug-likeness (QED) is 0.394. The Kier molecular flexibility index (Phi) is 7.45. The molecule has 3 rings (SSSR count). The number of thiophene rings is 1. The molecule has 7 heteroatoms. The molecule has 6 nitrogen and oxygen atoms in total. The van der Waals surface area contributed by atoms with Crippen molar-refractivity contribution in [1.82, 2.24) is 0 Å². The largest absolute Gasteiger partial charge is 0.453 e. The molecule has 1 atom stereocenters. The van der Waals surface area contributed by atoms with Crippen LogP contribution in [0.2, 0.25) is 0 Å². The van der Waals surface area contributed by atoms with Crippen LogP contribution in [0.4, 0.5) is 5.69 Å². The lowest BCUT2D eigenvalue weighted by Crippen LogP contribution is -2.30. The summed E-state index contributed by atoms with van der Waals surface area (Å²) in [6, 6.07) is 18.8. The molecule has 1 aromatic heterocycles. The van der Waals surface area contributed by atoms with Gasteiger partial charge in [-0.15, -0.1) is 11.3 Å². The number of esters is 1. The molecule has 1 heterocycles. The molecule has 0 spiro atoms. The molecule has 0 aliphatic heterocycles. The van der Waals surface area contributed by atoms with Gasteiger partial charge in [-0.1, -0.05) is 48.5 Å². The van der Waals surface area contributed by atoms with Crippen LogP contribution >= 0.6 is 11.3 Å². The third-order valence-electron chi connectivity index (χ3n) is 4.50. The minimum absolute atomic E-state index is 0.0160. The van der Waals surface area contributed by atoms with Gasteiger partial charge in [0.2, 0.25) is 0 Å². The first-order valence-electron chi connectivity index (χ1n) is 9.71. The Labute approximate surface area is 183 Å². The minimum atomic E-state index is -1.08. The third kappa shape index (κ3) is 5.96. The maximum Gasteiger partial charge on any atom is 0.307 e. The molecule has 0 aliphatic rings. The molecule has 0 unspecified atom stereocenters. The van der Waals surface area contributed by atoms with Crippen molar-refractivity contribution in [2.45, 2.75) is 25.9 Å². The van der Waals surface area contributed by atoms with Crippen LogP contribution < -0.4 is 5.32 Å². The van der Waals surface area contributed by atoms with Crippen molar-refractivity contribution < 1.29 is 23.9 Å². The molecule has 0 saturated carbocycles. The molecule has 3 aromatic rings. The summed E-state index contributed by atoms with van der Waals surface area (Å²) in [4.78, 5) is 49.9. The van der Waals surface area contributed by atoms with Gasteiger partial charge in [0.15, 0.2) is 17.7 Å². The highest BCUT2D eigenvalue weighted by molar-refractivity contribution is 7.12. The van der Waals surface area contributed by atoms with Gasteiger partial charge in [0.05, 0.1) is 17.0 Å². The van der Waals surface area contributed by atoms with E-state index in [-0.39, 0.29) is 24.4 Å². The molecule has 0 saturated heterocycles. The van der Waals surface area contributed by atoms with E-state index < -0.39 is 18.0 Å². The van der Waals surface area contributed by atoms with Crippen LogP contribution in [0.25, 0.3) is 0 Å². The molecule has 31 heavy (non-hydrogen) atoms. The monoisotopic (exact) mass is 435 g/mol. The lowest BCUT2D eigenvalue weighted by atomic mass is 10.0. The van der Waals surface area contributed by atoms with Gasteiger partial charge in [-0.05, 0) is 30.5 Å². The van der Waals surface area contributed by atoms with E-state index in [2.05, 4.69) is 5.32 Å². The lowest BCUT2D eigenvalue weighted by Gasteiger charge is -2.15. The summed E-state index contributed by atoms with van der Waals surface area (Å²) in [5.74, 6) is -1.57. The summed E-state index contributed by atoms with van der Waals surface area (Å²) in [7, 11) is 0. The van der Waals surface area contributed by atoms with Crippen molar-refractivity contribution in [3.8, 4) is 0 Å².